The van der Waals surface area contributed by atoms with E-state index < -0.39 is 0 Å². The number of esters is 2. The molecule has 0 N–H and O–H groups in total. The van der Waals surface area contributed by atoms with Gasteiger partial charge in [0.1, 0.15) is 12.2 Å². The molecule has 2 unspecified atom stereocenters. The first-order chi connectivity index (χ1) is 8.74. The fraction of sp³-hybridized carbons (Fsp3) is 0.833. The molecule has 0 amide bonds. The van der Waals surface area contributed by atoms with Crippen LogP contribution < -0.4 is 0 Å². The molecule has 0 aromatic heterocycles. The Morgan fingerprint density at radius 3 is 1.56 bits per heavy atom. The normalized spacial score (nSPS) is 26.0. The number of hydrogen-bond acceptors (Lipinski definition) is 6. The van der Waals surface area contributed by atoms with Crippen LogP contribution in [0.1, 0.15) is 25.7 Å². The first kappa shape index (κ1) is 13.3. The van der Waals surface area contributed by atoms with E-state index in [-0.39, 0.29) is 24.1 Å². The van der Waals surface area contributed by atoms with Gasteiger partial charge in [-0.15, -0.1) is 0 Å². The van der Waals surface area contributed by atoms with E-state index in [1.165, 1.54) is 0 Å². The Morgan fingerprint density at radius 2 is 1.22 bits per heavy atom. The zero-order valence-electron chi connectivity index (χ0n) is 10.3. The Morgan fingerprint density at radius 1 is 0.833 bits per heavy atom. The number of carbonyl (C=O) groups is 2. The van der Waals surface area contributed by atoms with Crippen LogP contribution in [0, 0.1) is 0 Å². The predicted molar refractivity (Wildman–Crippen MR) is 59.9 cm³/mol. The maximum atomic E-state index is 10.5. The lowest BCUT2D eigenvalue weighted by Gasteiger charge is -2.25. The first-order valence-corrected chi connectivity index (χ1v) is 6.28. The molecule has 2 aliphatic rings. The van der Waals surface area contributed by atoms with Crippen molar-refractivity contribution in [1.82, 2.24) is 0 Å². The van der Waals surface area contributed by atoms with Gasteiger partial charge in [0.05, 0.1) is 39.3 Å². The monoisotopic (exact) mass is 258 g/mol. The summed E-state index contributed by atoms with van der Waals surface area (Å²) < 4.78 is 20.4. The summed E-state index contributed by atoms with van der Waals surface area (Å²) in [5, 5.41) is 0. The minimum absolute atomic E-state index is 0.0479. The molecule has 2 heterocycles. The molecule has 0 saturated carbocycles. The smallest absolute Gasteiger partial charge is 0.309 e. The van der Waals surface area contributed by atoms with Gasteiger partial charge in [-0.1, -0.05) is 0 Å². The fourth-order valence-corrected chi connectivity index (χ4v) is 1.80. The summed E-state index contributed by atoms with van der Waals surface area (Å²) in [4.78, 5) is 21.0. The van der Waals surface area contributed by atoms with Gasteiger partial charge < -0.3 is 18.9 Å². The predicted octanol–water partition coefficient (Wildman–Crippen LogP) is 0.431. The van der Waals surface area contributed by atoms with Crippen molar-refractivity contribution >= 4 is 11.9 Å². The van der Waals surface area contributed by atoms with E-state index in [9.17, 15) is 9.59 Å². The van der Waals surface area contributed by atoms with E-state index >= 15 is 0 Å². The average molecular weight is 258 g/mol. The number of cyclic esters (lactones) is 2. The van der Waals surface area contributed by atoms with Crippen molar-refractivity contribution in [3.8, 4) is 0 Å². The summed E-state index contributed by atoms with van der Waals surface area (Å²) >= 11 is 0. The molecular weight excluding hydrogens is 240 g/mol. The van der Waals surface area contributed by atoms with Crippen LogP contribution in [-0.4, -0.2) is 50.6 Å². The summed E-state index contributed by atoms with van der Waals surface area (Å²) in [6.45, 7) is 2.24. The van der Waals surface area contributed by atoms with Crippen molar-refractivity contribution in [3.05, 3.63) is 0 Å². The lowest BCUT2D eigenvalue weighted by atomic mass is 10.1. The summed E-state index contributed by atoms with van der Waals surface area (Å²) in [5.41, 5.74) is 0. The highest BCUT2D eigenvalue weighted by atomic mass is 16.6. The molecule has 102 valence electrons. The molecule has 2 saturated heterocycles. The second kappa shape index (κ2) is 6.70. The third kappa shape index (κ3) is 4.27. The number of rotatable bonds is 9. The zero-order valence-corrected chi connectivity index (χ0v) is 10.3. The molecule has 2 fully saturated rings. The SMILES string of the molecule is O=C1CC(CCOCCOCCC2CC(=O)O2)O1. The molecule has 0 aromatic rings. The Balaban J connectivity index is 1.29. The van der Waals surface area contributed by atoms with Crippen molar-refractivity contribution in [2.45, 2.75) is 37.9 Å². The molecule has 6 heteroatoms. The molecule has 0 aromatic carbocycles. The summed E-state index contributed by atoms with van der Waals surface area (Å²) in [7, 11) is 0. The zero-order chi connectivity index (χ0) is 12.8. The van der Waals surface area contributed by atoms with E-state index in [1.807, 2.05) is 0 Å². The molecule has 0 spiro atoms. The number of ether oxygens (including phenoxy) is 4. The summed E-state index contributed by atoms with van der Waals surface area (Å²) in [6.07, 6.45) is 2.63. The Labute approximate surface area is 106 Å². The second-order valence-corrected chi connectivity index (χ2v) is 4.43. The van der Waals surface area contributed by atoms with Gasteiger partial charge in [-0.25, -0.2) is 0 Å². The quantitative estimate of drug-likeness (QED) is 0.441. The van der Waals surface area contributed by atoms with Crippen molar-refractivity contribution in [2.24, 2.45) is 0 Å². The summed E-state index contributed by atoms with van der Waals surface area (Å²) in [5.74, 6) is -0.250. The lowest BCUT2D eigenvalue weighted by Crippen LogP contribution is -2.34. The third-order valence-corrected chi connectivity index (χ3v) is 2.93. The van der Waals surface area contributed by atoms with Crippen LogP contribution in [0.25, 0.3) is 0 Å². The maximum Gasteiger partial charge on any atom is 0.309 e. The number of carbonyl (C=O) groups excluding carboxylic acids is 2. The third-order valence-electron chi connectivity index (χ3n) is 2.93. The van der Waals surface area contributed by atoms with Crippen LogP contribution in [0.3, 0.4) is 0 Å². The maximum absolute atomic E-state index is 10.5. The average Bonchev–Trinajstić information content (AvgIpc) is 2.27. The Hall–Kier alpha value is -1.14. The van der Waals surface area contributed by atoms with Crippen LogP contribution in [0.15, 0.2) is 0 Å². The molecule has 18 heavy (non-hydrogen) atoms. The molecular formula is C12H18O6. The second-order valence-electron chi connectivity index (χ2n) is 4.43. The van der Waals surface area contributed by atoms with E-state index in [4.69, 9.17) is 18.9 Å². The van der Waals surface area contributed by atoms with Gasteiger partial charge >= 0.3 is 11.9 Å². The van der Waals surface area contributed by atoms with Crippen molar-refractivity contribution < 1.29 is 28.5 Å². The molecule has 0 radical (unpaired) electrons. The van der Waals surface area contributed by atoms with E-state index in [0.29, 0.717) is 39.3 Å². The van der Waals surface area contributed by atoms with E-state index in [2.05, 4.69) is 0 Å². The number of hydrogen-bond donors (Lipinski definition) is 0. The molecule has 2 aliphatic heterocycles. The Kier molecular flexibility index (Phi) is 4.95. The van der Waals surface area contributed by atoms with Gasteiger partial charge in [0.15, 0.2) is 0 Å². The Bertz CT molecular complexity index is 257. The lowest BCUT2D eigenvalue weighted by molar-refractivity contribution is -0.172. The molecule has 2 rings (SSSR count). The van der Waals surface area contributed by atoms with Gasteiger partial charge in [0.2, 0.25) is 0 Å². The fourth-order valence-electron chi connectivity index (χ4n) is 1.80. The highest BCUT2D eigenvalue weighted by Gasteiger charge is 2.28. The summed E-state index contributed by atoms with van der Waals surface area (Å²) in [6, 6.07) is 0. The van der Waals surface area contributed by atoms with E-state index in [0.717, 1.165) is 12.8 Å². The molecule has 6 nitrogen and oxygen atoms in total. The van der Waals surface area contributed by atoms with Crippen LogP contribution in [-0.2, 0) is 28.5 Å². The van der Waals surface area contributed by atoms with Gasteiger partial charge in [0, 0.05) is 12.8 Å². The van der Waals surface area contributed by atoms with Gasteiger partial charge in [-0.3, -0.25) is 9.59 Å². The highest BCUT2D eigenvalue weighted by Crippen LogP contribution is 2.17. The van der Waals surface area contributed by atoms with E-state index in [1.54, 1.807) is 0 Å². The van der Waals surface area contributed by atoms with Gasteiger partial charge in [-0.05, 0) is 0 Å². The minimum atomic E-state index is -0.125. The molecule has 2 atom stereocenters. The van der Waals surface area contributed by atoms with Crippen LogP contribution in [0.2, 0.25) is 0 Å². The standard InChI is InChI=1S/C12H18O6/c13-11-7-9(17-11)1-3-15-5-6-16-4-2-10-8-12(14)18-10/h9-10H,1-8H2. The first-order valence-electron chi connectivity index (χ1n) is 6.28. The van der Waals surface area contributed by atoms with Crippen molar-refractivity contribution in [2.75, 3.05) is 26.4 Å². The minimum Gasteiger partial charge on any atom is -0.462 e. The highest BCUT2D eigenvalue weighted by molar-refractivity contribution is 5.75. The largest absolute Gasteiger partial charge is 0.462 e. The van der Waals surface area contributed by atoms with Gasteiger partial charge in [-0.2, -0.15) is 0 Å². The van der Waals surface area contributed by atoms with Crippen molar-refractivity contribution in [1.29, 1.82) is 0 Å². The molecule has 0 aliphatic carbocycles. The van der Waals surface area contributed by atoms with Crippen molar-refractivity contribution in [3.63, 3.8) is 0 Å². The van der Waals surface area contributed by atoms with Crippen LogP contribution in [0.5, 0.6) is 0 Å². The molecule has 0 bridgehead atoms. The topological polar surface area (TPSA) is 71.1 Å². The van der Waals surface area contributed by atoms with Crippen LogP contribution in [0.4, 0.5) is 0 Å². The van der Waals surface area contributed by atoms with Gasteiger partial charge in [0.25, 0.3) is 0 Å². The van der Waals surface area contributed by atoms with Crippen LogP contribution >= 0.6 is 0 Å².